The van der Waals surface area contributed by atoms with Gasteiger partial charge >= 0.3 is 0 Å². The summed E-state index contributed by atoms with van der Waals surface area (Å²) in [5, 5.41) is 2.57. The summed E-state index contributed by atoms with van der Waals surface area (Å²) in [5.74, 6) is -0.640. The van der Waals surface area contributed by atoms with Crippen molar-refractivity contribution in [2.45, 2.75) is 6.92 Å². The highest BCUT2D eigenvalue weighted by Gasteiger charge is 2.10. The molecule has 0 aliphatic heterocycles. The Morgan fingerprint density at radius 1 is 1.39 bits per heavy atom. The number of nitrogens with one attached hydrogen (secondary N) is 1. The normalized spacial score (nSPS) is 10.1. The van der Waals surface area contributed by atoms with Crippen molar-refractivity contribution in [3.05, 3.63) is 53.5 Å². The van der Waals surface area contributed by atoms with Crippen LogP contribution in [0.2, 0.25) is 0 Å². The molecule has 0 fully saturated rings. The first-order chi connectivity index (χ1) is 8.58. The number of benzene rings is 1. The molecule has 0 radical (unpaired) electrons. The number of pyridine rings is 1. The van der Waals surface area contributed by atoms with E-state index in [1.165, 1.54) is 12.3 Å². The summed E-state index contributed by atoms with van der Waals surface area (Å²) in [6.45, 7) is 1.65. The minimum Gasteiger partial charge on any atom is -0.383 e. The Labute approximate surface area is 104 Å². The van der Waals surface area contributed by atoms with E-state index in [0.29, 0.717) is 11.3 Å². The molecule has 2 rings (SSSR count). The molecule has 4 nitrogen and oxygen atoms in total. The second kappa shape index (κ2) is 4.83. The number of nitrogens with zero attached hydrogens (tertiary/aromatic N) is 1. The smallest absolute Gasteiger partial charge is 0.259 e. The lowest BCUT2D eigenvalue weighted by Crippen LogP contribution is -2.14. The Morgan fingerprint density at radius 3 is 2.83 bits per heavy atom. The molecule has 0 aliphatic carbocycles. The Hall–Kier alpha value is -2.43. The van der Waals surface area contributed by atoms with Gasteiger partial charge in [-0.05, 0) is 36.8 Å². The van der Waals surface area contributed by atoms with Crippen LogP contribution >= 0.6 is 0 Å². The first kappa shape index (κ1) is 12.0. The fraction of sp³-hybridized carbons (Fsp3) is 0.0769. The fourth-order valence-electron chi connectivity index (χ4n) is 1.48. The molecule has 0 atom stereocenters. The average molecular weight is 245 g/mol. The van der Waals surface area contributed by atoms with Gasteiger partial charge < -0.3 is 11.1 Å². The van der Waals surface area contributed by atoms with Crippen LogP contribution < -0.4 is 11.1 Å². The molecule has 0 saturated heterocycles. The number of aromatic nitrogens is 1. The lowest BCUT2D eigenvalue weighted by atomic mass is 10.2. The largest absolute Gasteiger partial charge is 0.383 e. The molecule has 1 aromatic heterocycles. The zero-order chi connectivity index (χ0) is 13.1. The van der Waals surface area contributed by atoms with Gasteiger partial charge in [-0.1, -0.05) is 6.07 Å². The Bertz CT molecular complexity index is 599. The summed E-state index contributed by atoms with van der Waals surface area (Å²) < 4.78 is 13.3. The predicted molar refractivity (Wildman–Crippen MR) is 67.7 cm³/mol. The van der Waals surface area contributed by atoms with Gasteiger partial charge in [0.1, 0.15) is 11.6 Å². The maximum atomic E-state index is 13.3. The van der Waals surface area contributed by atoms with Gasteiger partial charge in [-0.15, -0.1) is 0 Å². The Morgan fingerprint density at radius 2 is 2.17 bits per heavy atom. The Balaban J connectivity index is 2.22. The topological polar surface area (TPSA) is 68.0 Å². The van der Waals surface area contributed by atoms with Crippen molar-refractivity contribution in [2.75, 3.05) is 11.1 Å². The van der Waals surface area contributed by atoms with Crippen LogP contribution in [0.3, 0.4) is 0 Å². The number of nitrogen functional groups attached to an aromatic ring is 1. The van der Waals surface area contributed by atoms with E-state index in [2.05, 4.69) is 10.3 Å². The average Bonchev–Trinajstić information content (AvgIpc) is 2.34. The summed E-state index contributed by atoms with van der Waals surface area (Å²) in [4.78, 5) is 15.7. The van der Waals surface area contributed by atoms with Crippen molar-refractivity contribution in [3.63, 3.8) is 0 Å². The van der Waals surface area contributed by atoms with E-state index in [0.717, 1.165) is 0 Å². The molecule has 2 aromatic rings. The lowest BCUT2D eigenvalue weighted by Gasteiger charge is -2.07. The summed E-state index contributed by atoms with van der Waals surface area (Å²) in [7, 11) is 0. The van der Waals surface area contributed by atoms with Gasteiger partial charge in [-0.2, -0.15) is 0 Å². The maximum absolute atomic E-state index is 13.3. The number of amides is 1. The highest BCUT2D eigenvalue weighted by Crippen LogP contribution is 2.16. The van der Waals surface area contributed by atoms with Crippen LogP contribution in [0.25, 0.3) is 0 Å². The van der Waals surface area contributed by atoms with Crippen molar-refractivity contribution in [1.29, 1.82) is 0 Å². The molecule has 1 amide bonds. The highest BCUT2D eigenvalue weighted by atomic mass is 19.1. The third-order valence-corrected chi connectivity index (χ3v) is 2.51. The molecule has 0 unspecified atom stereocenters. The number of nitrogens with two attached hydrogens (primary N) is 1. The van der Waals surface area contributed by atoms with Crippen molar-refractivity contribution in [3.8, 4) is 0 Å². The van der Waals surface area contributed by atoms with Gasteiger partial charge in [0.05, 0.1) is 5.56 Å². The molecular formula is C13H12FN3O. The number of anilines is 2. The van der Waals surface area contributed by atoms with E-state index in [-0.39, 0.29) is 17.2 Å². The first-order valence-corrected chi connectivity index (χ1v) is 5.36. The second-order valence-corrected chi connectivity index (χ2v) is 3.85. The zero-order valence-electron chi connectivity index (χ0n) is 9.77. The van der Waals surface area contributed by atoms with E-state index in [1.54, 1.807) is 31.2 Å². The minimum atomic E-state index is -0.413. The number of hydrogen-bond donors (Lipinski definition) is 2. The second-order valence-electron chi connectivity index (χ2n) is 3.85. The molecule has 5 heteroatoms. The molecule has 18 heavy (non-hydrogen) atoms. The highest BCUT2D eigenvalue weighted by molar-refractivity contribution is 6.07. The minimum absolute atomic E-state index is 0.141. The molecular weight excluding hydrogens is 233 g/mol. The SMILES string of the molecule is Cc1ccc(NC(=O)c2cccnc2N)cc1F. The predicted octanol–water partition coefficient (Wildman–Crippen LogP) is 2.36. The van der Waals surface area contributed by atoms with E-state index < -0.39 is 5.91 Å². The van der Waals surface area contributed by atoms with Gasteiger partial charge in [0.2, 0.25) is 0 Å². The number of halogens is 1. The third kappa shape index (κ3) is 2.45. The van der Waals surface area contributed by atoms with Crippen LogP contribution in [-0.4, -0.2) is 10.9 Å². The summed E-state index contributed by atoms with van der Waals surface area (Å²) in [5.41, 5.74) is 6.75. The van der Waals surface area contributed by atoms with Crippen molar-refractivity contribution >= 4 is 17.4 Å². The number of aryl methyl sites for hydroxylation is 1. The van der Waals surface area contributed by atoms with Crippen molar-refractivity contribution in [1.82, 2.24) is 4.98 Å². The first-order valence-electron chi connectivity index (χ1n) is 5.36. The van der Waals surface area contributed by atoms with Crippen LogP contribution in [0.5, 0.6) is 0 Å². The van der Waals surface area contributed by atoms with Crippen molar-refractivity contribution in [2.24, 2.45) is 0 Å². The van der Waals surface area contributed by atoms with Gasteiger partial charge in [-0.25, -0.2) is 9.37 Å². The summed E-state index contributed by atoms with van der Waals surface area (Å²) >= 11 is 0. The zero-order valence-corrected chi connectivity index (χ0v) is 9.77. The van der Waals surface area contributed by atoms with E-state index in [9.17, 15) is 9.18 Å². The molecule has 1 heterocycles. The summed E-state index contributed by atoms with van der Waals surface area (Å²) in [6.07, 6.45) is 1.50. The quantitative estimate of drug-likeness (QED) is 0.853. The van der Waals surface area contributed by atoms with E-state index in [4.69, 9.17) is 5.73 Å². The number of carbonyl (C=O) groups excluding carboxylic acids is 1. The van der Waals surface area contributed by atoms with Crippen LogP contribution in [0.15, 0.2) is 36.5 Å². The van der Waals surface area contributed by atoms with E-state index in [1.807, 2.05) is 0 Å². The van der Waals surface area contributed by atoms with Gasteiger partial charge in [-0.3, -0.25) is 4.79 Å². The molecule has 0 aliphatic rings. The fourth-order valence-corrected chi connectivity index (χ4v) is 1.48. The standard InChI is InChI=1S/C13H12FN3O/c1-8-4-5-9(7-11(8)14)17-13(18)10-3-2-6-16-12(10)15/h2-7H,1H3,(H2,15,16)(H,17,18). The molecule has 1 aromatic carbocycles. The Kier molecular flexibility index (Phi) is 3.23. The lowest BCUT2D eigenvalue weighted by molar-refractivity contribution is 0.102. The van der Waals surface area contributed by atoms with Crippen LogP contribution in [-0.2, 0) is 0 Å². The number of carbonyl (C=O) groups is 1. The van der Waals surface area contributed by atoms with Crippen LogP contribution in [0.1, 0.15) is 15.9 Å². The maximum Gasteiger partial charge on any atom is 0.259 e. The van der Waals surface area contributed by atoms with Crippen LogP contribution in [0.4, 0.5) is 15.9 Å². The summed E-state index contributed by atoms with van der Waals surface area (Å²) in [6, 6.07) is 7.66. The van der Waals surface area contributed by atoms with Gasteiger partial charge in [0.15, 0.2) is 0 Å². The molecule has 0 spiro atoms. The number of hydrogen-bond acceptors (Lipinski definition) is 3. The molecule has 92 valence electrons. The van der Waals surface area contributed by atoms with Gasteiger partial charge in [0, 0.05) is 11.9 Å². The monoisotopic (exact) mass is 245 g/mol. The van der Waals surface area contributed by atoms with Crippen molar-refractivity contribution < 1.29 is 9.18 Å². The third-order valence-electron chi connectivity index (χ3n) is 2.51. The van der Waals surface area contributed by atoms with E-state index >= 15 is 0 Å². The van der Waals surface area contributed by atoms with Gasteiger partial charge in [0.25, 0.3) is 5.91 Å². The molecule has 0 saturated carbocycles. The number of rotatable bonds is 2. The molecule has 0 bridgehead atoms. The van der Waals surface area contributed by atoms with Crippen LogP contribution in [0, 0.1) is 12.7 Å². The molecule has 3 N–H and O–H groups in total.